The summed E-state index contributed by atoms with van der Waals surface area (Å²) in [5.41, 5.74) is 3.18. The number of benzene rings is 1. The zero-order chi connectivity index (χ0) is 15.5. The Labute approximate surface area is 134 Å². The molecule has 5 heteroatoms. The van der Waals surface area contributed by atoms with Gasteiger partial charge in [-0.15, -0.1) is 11.3 Å². The maximum absolute atomic E-state index is 5.09. The molecule has 0 unspecified atom stereocenters. The second kappa shape index (κ2) is 6.42. The molecule has 3 aromatic rings. The van der Waals surface area contributed by atoms with Gasteiger partial charge < -0.3 is 9.84 Å². The van der Waals surface area contributed by atoms with Crippen LogP contribution in [0.2, 0.25) is 0 Å². The van der Waals surface area contributed by atoms with Crippen molar-refractivity contribution in [3.05, 3.63) is 58.4 Å². The van der Waals surface area contributed by atoms with Crippen molar-refractivity contribution in [3.63, 3.8) is 0 Å². The van der Waals surface area contributed by atoms with Crippen molar-refractivity contribution in [2.75, 3.05) is 0 Å². The Hall–Kier alpha value is -1.98. The van der Waals surface area contributed by atoms with Crippen LogP contribution < -0.4 is 5.32 Å². The molecule has 1 atom stereocenters. The lowest BCUT2D eigenvalue weighted by Crippen LogP contribution is -2.18. The molecule has 0 saturated carbocycles. The zero-order valence-corrected chi connectivity index (χ0v) is 13.8. The highest BCUT2D eigenvalue weighted by Crippen LogP contribution is 2.31. The van der Waals surface area contributed by atoms with E-state index in [1.807, 2.05) is 31.2 Å². The molecule has 1 aromatic carbocycles. The van der Waals surface area contributed by atoms with Crippen molar-refractivity contribution >= 4 is 11.3 Å². The third kappa shape index (κ3) is 3.26. The lowest BCUT2D eigenvalue weighted by molar-refractivity contribution is 0.386. The van der Waals surface area contributed by atoms with Crippen molar-refractivity contribution < 1.29 is 4.52 Å². The van der Waals surface area contributed by atoms with Crippen LogP contribution >= 0.6 is 11.3 Å². The Balaban J connectivity index is 1.72. The van der Waals surface area contributed by atoms with Crippen LogP contribution in [0, 0.1) is 13.8 Å². The Bertz CT molecular complexity index is 748. The van der Waals surface area contributed by atoms with Gasteiger partial charge in [-0.05, 0) is 20.8 Å². The smallest absolute Gasteiger partial charge is 0.133 e. The molecule has 0 aliphatic rings. The molecule has 0 amide bonds. The first-order valence-corrected chi connectivity index (χ1v) is 8.13. The molecule has 2 heterocycles. The molecule has 2 aromatic heterocycles. The number of nitrogens with one attached hydrogen (secondary N) is 1. The van der Waals surface area contributed by atoms with Gasteiger partial charge in [-0.2, -0.15) is 0 Å². The lowest BCUT2D eigenvalue weighted by atomic mass is 10.2. The van der Waals surface area contributed by atoms with Gasteiger partial charge in [0.2, 0.25) is 0 Å². The van der Waals surface area contributed by atoms with Crippen molar-refractivity contribution in [3.8, 4) is 10.6 Å². The Kier molecular flexibility index (Phi) is 4.36. The van der Waals surface area contributed by atoms with Crippen LogP contribution in [0.5, 0.6) is 0 Å². The number of aromatic nitrogens is 2. The second-order valence-corrected chi connectivity index (χ2v) is 6.40. The molecular weight excluding hydrogens is 294 g/mol. The molecule has 0 spiro atoms. The van der Waals surface area contributed by atoms with Crippen LogP contribution in [0.25, 0.3) is 10.6 Å². The highest BCUT2D eigenvalue weighted by atomic mass is 32.1. The van der Waals surface area contributed by atoms with Gasteiger partial charge in [-0.3, -0.25) is 0 Å². The van der Waals surface area contributed by atoms with Crippen molar-refractivity contribution in [2.45, 2.75) is 33.4 Å². The van der Waals surface area contributed by atoms with E-state index < -0.39 is 0 Å². The average molecular weight is 313 g/mol. The number of aryl methyl sites for hydroxylation is 2. The van der Waals surface area contributed by atoms with Crippen molar-refractivity contribution in [1.29, 1.82) is 0 Å². The molecule has 4 nitrogen and oxygen atoms in total. The summed E-state index contributed by atoms with van der Waals surface area (Å²) in [5, 5.41) is 8.56. The zero-order valence-electron chi connectivity index (χ0n) is 13.0. The molecule has 22 heavy (non-hydrogen) atoms. The van der Waals surface area contributed by atoms with Gasteiger partial charge in [0.1, 0.15) is 10.8 Å². The molecule has 0 bridgehead atoms. The van der Waals surface area contributed by atoms with E-state index in [0.29, 0.717) is 6.54 Å². The molecule has 0 radical (unpaired) electrons. The predicted molar refractivity (Wildman–Crippen MR) is 88.8 cm³/mol. The van der Waals surface area contributed by atoms with E-state index in [-0.39, 0.29) is 6.04 Å². The fraction of sp³-hybridized carbons (Fsp3) is 0.294. The summed E-state index contributed by atoms with van der Waals surface area (Å²) in [6.45, 7) is 6.81. The summed E-state index contributed by atoms with van der Waals surface area (Å²) in [6, 6.07) is 12.5. The minimum atomic E-state index is 0.229. The van der Waals surface area contributed by atoms with Gasteiger partial charge in [0.15, 0.2) is 0 Å². The second-order valence-electron chi connectivity index (χ2n) is 5.37. The first kappa shape index (κ1) is 14.9. The standard InChI is InChI=1S/C17H19N3OS/c1-11-9-15(20-21-11)10-18-12(2)16-13(3)19-17(22-16)14-7-5-4-6-8-14/h4-9,12,18H,10H2,1-3H3/t12-/m0/s1. The van der Waals surface area contributed by atoms with E-state index in [1.165, 1.54) is 10.4 Å². The largest absolute Gasteiger partial charge is 0.361 e. The summed E-state index contributed by atoms with van der Waals surface area (Å²) in [5.74, 6) is 0.838. The minimum absolute atomic E-state index is 0.229. The van der Waals surface area contributed by atoms with E-state index in [1.54, 1.807) is 11.3 Å². The maximum atomic E-state index is 5.09. The van der Waals surface area contributed by atoms with Crippen LogP contribution in [0.4, 0.5) is 0 Å². The van der Waals surface area contributed by atoms with Gasteiger partial charge in [-0.1, -0.05) is 35.5 Å². The van der Waals surface area contributed by atoms with Crippen LogP contribution in [-0.4, -0.2) is 10.1 Å². The number of nitrogens with zero attached hydrogens (tertiary/aromatic N) is 2. The van der Waals surface area contributed by atoms with Crippen LogP contribution in [0.15, 0.2) is 40.9 Å². The molecule has 0 aliphatic carbocycles. The molecular formula is C17H19N3OS. The quantitative estimate of drug-likeness (QED) is 0.764. The molecule has 1 N–H and O–H groups in total. The first-order valence-electron chi connectivity index (χ1n) is 7.32. The van der Waals surface area contributed by atoms with Gasteiger partial charge in [0, 0.05) is 29.1 Å². The summed E-state index contributed by atoms with van der Waals surface area (Å²) in [7, 11) is 0. The van der Waals surface area contributed by atoms with E-state index in [0.717, 1.165) is 22.2 Å². The third-order valence-electron chi connectivity index (χ3n) is 3.51. The van der Waals surface area contributed by atoms with E-state index in [2.05, 4.69) is 36.5 Å². The predicted octanol–water partition coefficient (Wildman–Crippen LogP) is 4.27. The number of hydrogen-bond donors (Lipinski definition) is 1. The normalized spacial score (nSPS) is 12.5. The number of hydrogen-bond acceptors (Lipinski definition) is 5. The maximum Gasteiger partial charge on any atom is 0.133 e. The van der Waals surface area contributed by atoms with Gasteiger partial charge in [0.05, 0.1) is 11.4 Å². The summed E-state index contributed by atoms with van der Waals surface area (Å²) >= 11 is 1.74. The Morgan fingerprint density at radius 3 is 2.68 bits per heavy atom. The highest BCUT2D eigenvalue weighted by Gasteiger charge is 2.15. The fourth-order valence-corrected chi connectivity index (χ4v) is 3.46. The summed E-state index contributed by atoms with van der Waals surface area (Å²) in [4.78, 5) is 5.97. The molecule has 0 saturated heterocycles. The van der Waals surface area contributed by atoms with E-state index in [9.17, 15) is 0 Å². The fourth-order valence-electron chi connectivity index (χ4n) is 2.37. The monoisotopic (exact) mass is 313 g/mol. The third-order valence-corrected chi connectivity index (χ3v) is 4.90. The molecule has 0 aliphatic heterocycles. The molecule has 114 valence electrons. The van der Waals surface area contributed by atoms with E-state index >= 15 is 0 Å². The van der Waals surface area contributed by atoms with Gasteiger partial charge >= 0.3 is 0 Å². The number of thiazole rings is 1. The van der Waals surface area contributed by atoms with Crippen LogP contribution in [0.3, 0.4) is 0 Å². The van der Waals surface area contributed by atoms with Crippen molar-refractivity contribution in [2.24, 2.45) is 0 Å². The van der Waals surface area contributed by atoms with Gasteiger partial charge in [0.25, 0.3) is 0 Å². The lowest BCUT2D eigenvalue weighted by Gasteiger charge is -2.11. The Morgan fingerprint density at radius 2 is 2.00 bits per heavy atom. The van der Waals surface area contributed by atoms with Crippen LogP contribution in [-0.2, 0) is 6.54 Å². The highest BCUT2D eigenvalue weighted by molar-refractivity contribution is 7.15. The topological polar surface area (TPSA) is 51.0 Å². The summed E-state index contributed by atoms with van der Waals surface area (Å²) in [6.07, 6.45) is 0. The first-order chi connectivity index (χ1) is 10.6. The number of rotatable bonds is 5. The van der Waals surface area contributed by atoms with E-state index in [4.69, 9.17) is 9.51 Å². The molecule has 3 rings (SSSR count). The minimum Gasteiger partial charge on any atom is -0.361 e. The van der Waals surface area contributed by atoms with Gasteiger partial charge in [-0.25, -0.2) is 4.98 Å². The Morgan fingerprint density at radius 1 is 1.23 bits per heavy atom. The SMILES string of the molecule is Cc1cc(CN[C@@H](C)c2sc(-c3ccccc3)nc2C)no1. The summed E-state index contributed by atoms with van der Waals surface area (Å²) < 4.78 is 5.09. The molecule has 0 fully saturated rings. The van der Waals surface area contributed by atoms with Crippen LogP contribution in [0.1, 0.15) is 35.0 Å². The van der Waals surface area contributed by atoms with Crippen molar-refractivity contribution in [1.82, 2.24) is 15.5 Å². The average Bonchev–Trinajstić information content (AvgIpc) is 3.12.